The largest absolute Gasteiger partial charge is 0.472 e. The standard InChI is InChI=1S/C47H87O19P3/c1-3-5-7-9-11-13-15-17-19-20-22-23-25-27-29-31-33-35-40(48)61-37-39(63-41(49)36-34-32-30-28-26-24-21-18-16-14-12-10-8-6-4-2)38-62-69(59,60)66-45-42(50)43(51)46(64-67(53,54)55)47(44(45)52)65-68(56,57)58/h12,14,17-19,21,39,42-47,50-52H,3-11,13,15-16,20,22-38H2,1-2H3,(H,59,60)(H2,53,54,55)(H2,56,57,58). The van der Waals surface area contributed by atoms with E-state index >= 15 is 0 Å². The monoisotopic (exact) mass is 1050 g/mol. The second kappa shape index (κ2) is 38.9. The minimum atomic E-state index is -5.60. The Balaban J connectivity index is 2.71. The number of carbonyl (C=O) groups excluding carboxylic acids is 2. The third-order valence-electron chi connectivity index (χ3n) is 11.4. The van der Waals surface area contributed by atoms with E-state index in [2.05, 4.69) is 59.4 Å². The van der Waals surface area contributed by atoms with Gasteiger partial charge in [0.2, 0.25) is 0 Å². The van der Waals surface area contributed by atoms with Crippen LogP contribution in [-0.2, 0) is 50.9 Å². The zero-order valence-corrected chi connectivity index (χ0v) is 43.8. The third-order valence-corrected chi connectivity index (χ3v) is 13.4. The summed E-state index contributed by atoms with van der Waals surface area (Å²) in [5.41, 5.74) is 0. The summed E-state index contributed by atoms with van der Waals surface area (Å²) in [7, 11) is -16.6. The molecule has 1 aliphatic carbocycles. The van der Waals surface area contributed by atoms with Gasteiger partial charge < -0.3 is 49.3 Å². The number of esters is 2. The highest BCUT2D eigenvalue weighted by atomic mass is 31.2. The van der Waals surface area contributed by atoms with Crippen LogP contribution < -0.4 is 0 Å². The quantitative estimate of drug-likeness (QED) is 0.0122. The molecule has 0 aromatic rings. The van der Waals surface area contributed by atoms with Crippen molar-refractivity contribution in [3.63, 3.8) is 0 Å². The number of ether oxygens (including phenoxy) is 2. The Morgan fingerprint density at radius 2 is 0.841 bits per heavy atom. The summed E-state index contributed by atoms with van der Waals surface area (Å²) >= 11 is 0. The number of aliphatic hydroxyl groups excluding tert-OH is 3. The average Bonchev–Trinajstić information content (AvgIpc) is 3.28. The zero-order chi connectivity index (χ0) is 51.4. The van der Waals surface area contributed by atoms with E-state index in [1.807, 2.05) is 0 Å². The predicted molar refractivity (Wildman–Crippen MR) is 261 cm³/mol. The van der Waals surface area contributed by atoms with E-state index in [1.54, 1.807) is 0 Å². The number of unbranched alkanes of at least 4 members (excludes halogenated alkanes) is 21. The molecule has 0 aromatic carbocycles. The molecule has 1 fully saturated rings. The molecule has 19 nitrogen and oxygen atoms in total. The Kier molecular flexibility index (Phi) is 36.9. The van der Waals surface area contributed by atoms with Gasteiger partial charge in [0.15, 0.2) is 6.10 Å². The molecule has 0 saturated heterocycles. The summed E-state index contributed by atoms with van der Waals surface area (Å²) in [5, 5.41) is 31.9. The molecule has 404 valence electrons. The lowest BCUT2D eigenvalue weighted by Gasteiger charge is -2.44. The van der Waals surface area contributed by atoms with Crippen molar-refractivity contribution in [1.29, 1.82) is 0 Å². The summed E-state index contributed by atoms with van der Waals surface area (Å²) < 4.78 is 65.5. The van der Waals surface area contributed by atoms with Crippen molar-refractivity contribution in [2.24, 2.45) is 0 Å². The first kappa shape index (κ1) is 65.4. The molecule has 0 spiro atoms. The molecule has 8 N–H and O–H groups in total. The van der Waals surface area contributed by atoms with Crippen molar-refractivity contribution in [2.45, 2.75) is 236 Å². The van der Waals surface area contributed by atoms with E-state index in [0.29, 0.717) is 12.8 Å². The van der Waals surface area contributed by atoms with Crippen LogP contribution in [0.15, 0.2) is 36.5 Å². The number of hydrogen-bond acceptors (Lipinski definition) is 14. The van der Waals surface area contributed by atoms with Gasteiger partial charge in [0.05, 0.1) is 6.61 Å². The fourth-order valence-electron chi connectivity index (χ4n) is 7.61. The van der Waals surface area contributed by atoms with Crippen molar-refractivity contribution >= 4 is 35.4 Å². The number of aliphatic hydroxyl groups is 3. The highest BCUT2D eigenvalue weighted by molar-refractivity contribution is 7.47. The van der Waals surface area contributed by atoms with Gasteiger partial charge in [-0.25, -0.2) is 13.7 Å². The number of hydrogen-bond donors (Lipinski definition) is 8. The maximum absolute atomic E-state index is 13.1. The van der Waals surface area contributed by atoms with Crippen molar-refractivity contribution < 1.29 is 90.6 Å². The van der Waals surface area contributed by atoms with Gasteiger partial charge in [-0.2, -0.15) is 0 Å². The van der Waals surface area contributed by atoms with Crippen molar-refractivity contribution in [1.82, 2.24) is 0 Å². The molecule has 8 unspecified atom stereocenters. The summed E-state index contributed by atoms with van der Waals surface area (Å²) in [5.74, 6) is -1.32. The van der Waals surface area contributed by atoms with Crippen LogP contribution in [0.25, 0.3) is 0 Å². The van der Waals surface area contributed by atoms with Crippen molar-refractivity contribution in [3.05, 3.63) is 36.5 Å². The van der Waals surface area contributed by atoms with Gasteiger partial charge in [0.1, 0.15) is 43.2 Å². The van der Waals surface area contributed by atoms with Crippen LogP contribution in [0.2, 0.25) is 0 Å². The van der Waals surface area contributed by atoms with Crippen LogP contribution in [0, 0.1) is 0 Å². The van der Waals surface area contributed by atoms with Gasteiger partial charge in [0.25, 0.3) is 0 Å². The molecule has 8 atom stereocenters. The van der Waals surface area contributed by atoms with Crippen LogP contribution in [0.1, 0.15) is 194 Å². The maximum Gasteiger partial charge on any atom is 0.472 e. The number of phosphoric acid groups is 3. The van der Waals surface area contributed by atoms with Gasteiger partial charge in [-0.3, -0.25) is 27.7 Å². The average molecular weight is 1050 g/mol. The lowest BCUT2D eigenvalue weighted by molar-refractivity contribution is -0.213. The van der Waals surface area contributed by atoms with Gasteiger partial charge in [-0.15, -0.1) is 0 Å². The topological polar surface area (TPSA) is 303 Å². The van der Waals surface area contributed by atoms with Crippen LogP contribution in [0.3, 0.4) is 0 Å². The minimum Gasteiger partial charge on any atom is -0.462 e. The van der Waals surface area contributed by atoms with E-state index in [0.717, 1.165) is 96.3 Å². The Bertz CT molecular complexity index is 1580. The molecule has 0 radical (unpaired) electrons. The fourth-order valence-corrected chi connectivity index (χ4v) is 9.70. The molecule has 0 aliphatic heterocycles. The highest BCUT2D eigenvalue weighted by Gasteiger charge is 2.56. The minimum absolute atomic E-state index is 0.0185. The number of phosphoric ester groups is 3. The van der Waals surface area contributed by atoms with Gasteiger partial charge in [-0.1, -0.05) is 147 Å². The lowest BCUT2D eigenvalue weighted by atomic mass is 9.85. The van der Waals surface area contributed by atoms with E-state index < -0.39 is 91.3 Å². The van der Waals surface area contributed by atoms with Crippen LogP contribution in [-0.4, -0.2) is 108 Å². The zero-order valence-electron chi connectivity index (χ0n) is 41.1. The number of allylic oxidation sites excluding steroid dienone is 6. The second-order valence-corrected chi connectivity index (χ2v) is 21.5. The Labute approximate surface area is 410 Å². The molecular weight excluding hydrogens is 961 g/mol. The summed E-state index contributed by atoms with van der Waals surface area (Å²) in [4.78, 5) is 73.3. The molecule has 0 amide bonds. The van der Waals surface area contributed by atoms with Crippen molar-refractivity contribution in [3.8, 4) is 0 Å². The van der Waals surface area contributed by atoms with Crippen LogP contribution in [0.4, 0.5) is 0 Å². The molecule has 1 saturated carbocycles. The molecule has 22 heteroatoms. The summed E-state index contributed by atoms with van der Waals surface area (Å²) in [6.45, 7) is 2.91. The van der Waals surface area contributed by atoms with E-state index in [-0.39, 0.29) is 12.8 Å². The second-order valence-electron chi connectivity index (χ2n) is 17.7. The molecule has 69 heavy (non-hydrogen) atoms. The van der Waals surface area contributed by atoms with E-state index in [9.17, 15) is 63.1 Å². The molecule has 0 aromatic heterocycles. The SMILES string of the molecule is CCCCCC=CCC=CCCCCCCCC(=O)OC(COC(=O)CCCCCCCCCC=CCCCCCCCC)COP(=O)(O)OC1C(O)C(O)C(OP(=O)(O)O)C(OP(=O)(O)O)C1O. The third kappa shape index (κ3) is 35.2. The fraction of sp³-hybridized carbons (Fsp3) is 0.830. The van der Waals surface area contributed by atoms with Gasteiger partial charge >= 0.3 is 35.4 Å². The van der Waals surface area contributed by atoms with E-state index in [4.69, 9.17) is 18.5 Å². The first-order valence-corrected chi connectivity index (χ1v) is 29.8. The summed E-state index contributed by atoms with van der Waals surface area (Å²) in [6, 6.07) is 0. The first-order valence-electron chi connectivity index (χ1n) is 25.3. The van der Waals surface area contributed by atoms with Crippen molar-refractivity contribution in [2.75, 3.05) is 13.2 Å². The molecule has 0 heterocycles. The van der Waals surface area contributed by atoms with Gasteiger partial charge in [-0.05, 0) is 70.6 Å². The maximum atomic E-state index is 13.1. The molecule has 1 aliphatic rings. The predicted octanol–water partition coefficient (Wildman–Crippen LogP) is 9.63. The number of carbonyl (C=O) groups is 2. The highest BCUT2D eigenvalue weighted by Crippen LogP contribution is 2.51. The van der Waals surface area contributed by atoms with Crippen LogP contribution in [0.5, 0.6) is 0 Å². The first-order chi connectivity index (χ1) is 32.8. The Morgan fingerprint density at radius 3 is 1.32 bits per heavy atom. The smallest absolute Gasteiger partial charge is 0.462 e. The molecule has 0 bridgehead atoms. The Hall–Kier alpha value is -1.63. The molecule has 1 rings (SSSR count). The lowest BCUT2D eigenvalue weighted by Crippen LogP contribution is -2.65. The normalized spacial score (nSPS) is 21.6. The van der Waals surface area contributed by atoms with E-state index in [1.165, 1.54) is 57.8 Å². The van der Waals surface area contributed by atoms with Crippen LogP contribution >= 0.6 is 23.5 Å². The van der Waals surface area contributed by atoms with Gasteiger partial charge in [0, 0.05) is 12.8 Å². The summed E-state index contributed by atoms with van der Waals surface area (Å²) in [6.07, 6.45) is 24.3. The molecular formula is C47H87O19P3. The Morgan fingerprint density at radius 1 is 0.464 bits per heavy atom. The number of rotatable bonds is 43.